The number of hydrogen-bond donors (Lipinski definition) is 3. The molecule has 0 saturated carbocycles. The lowest BCUT2D eigenvalue weighted by Gasteiger charge is -2.29. The number of hydrogen-bond acceptors (Lipinski definition) is 5. The number of amides is 1. The van der Waals surface area contributed by atoms with E-state index in [1.54, 1.807) is 27.7 Å². The highest BCUT2D eigenvalue weighted by molar-refractivity contribution is 6.06. The van der Waals surface area contributed by atoms with E-state index in [1.165, 1.54) is 6.33 Å². The third kappa shape index (κ3) is 2.32. The third-order valence-corrected chi connectivity index (χ3v) is 3.38. The molecule has 1 atom stereocenters. The summed E-state index contributed by atoms with van der Waals surface area (Å²) in [5.41, 5.74) is -1.01. The maximum Gasteiger partial charge on any atom is 0.262 e. The fourth-order valence-electron chi connectivity index (χ4n) is 1.79. The number of aliphatic hydroxyl groups is 1. The van der Waals surface area contributed by atoms with E-state index in [0.29, 0.717) is 5.76 Å². The minimum Gasteiger partial charge on any atom is -0.442 e. The fraction of sp³-hybridized carbons (Fsp3) is 0.462. The molecule has 2 aromatic rings. The number of carbonyl (C=O) groups excluding carboxylic acids is 1. The Morgan fingerprint density at radius 2 is 2.20 bits per heavy atom. The number of rotatable bonds is 3. The minimum absolute atomic E-state index is 0.115. The molecule has 2 aromatic heterocycles. The maximum atomic E-state index is 12.4. The smallest absolute Gasteiger partial charge is 0.262 e. The van der Waals surface area contributed by atoms with Gasteiger partial charge >= 0.3 is 0 Å². The van der Waals surface area contributed by atoms with Crippen LogP contribution in [0, 0.1) is 6.92 Å². The summed E-state index contributed by atoms with van der Waals surface area (Å²) in [5, 5.41) is 12.4. The van der Waals surface area contributed by atoms with Crippen molar-refractivity contribution in [1.29, 1.82) is 0 Å². The van der Waals surface area contributed by atoms with Gasteiger partial charge in [-0.2, -0.15) is 0 Å². The lowest BCUT2D eigenvalue weighted by atomic mass is 9.98. The molecule has 7 nitrogen and oxygen atoms in total. The van der Waals surface area contributed by atoms with E-state index in [-0.39, 0.29) is 16.7 Å². The molecule has 2 rings (SSSR count). The van der Waals surface area contributed by atoms with Crippen molar-refractivity contribution < 1.29 is 14.3 Å². The van der Waals surface area contributed by atoms with Crippen LogP contribution in [0.2, 0.25) is 0 Å². The van der Waals surface area contributed by atoms with Crippen LogP contribution >= 0.6 is 0 Å². The third-order valence-electron chi connectivity index (χ3n) is 3.38. The Kier molecular flexibility index (Phi) is 3.39. The molecule has 20 heavy (non-hydrogen) atoms. The van der Waals surface area contributed by atoms with Gasteiger partial charge in [-0.05, 0) is 27.7 Å². The van der Waals surface area contributed by atoms with Crippen LogP contribution in [0.1, 0.15) is 36.9 Å². The average molecular weight is 279 g/mol. The van der Waals surface area contributed by atoms with Crippen LogP contribution in [0.3, 0.4) is 0 Å². The molecule has 2 heterocycles. The summed E-state index contributed by atoms with van der Waals surface area (Å²) in [6.07, 6.45) is 0.469. The van der Waals surface area contributed by atoms with E-state index >= 15 is 0 Å². The van der Waals surface area contributed by atoms with Crippen LogP contribution in [0.5, 0.6) is 0 Å². The number of aromatic nitrogens is 2. The molecule has 0 aliphatic rings. The first-order valence-electron chi connectivity index (χ1n) is 6.21. The molecule has 1 unspecified atom stereocenters. The zero-order valence-corrected chi connectivity index (χ0v) is 11.8. The number of furan rings is 1. The first-order valence-corrected chi connectivity index (χ1v) is 6.21. The first-order chi connectivity index (χ1) is 9.24. The molecule has 0 aliphatic heterocycles. The van der Waals surface area contributed by atoms with Gasteiger partial charge in [-0.25, -0.2) is 4.98 Å². The summed E-state index contributed by atoms with van der Waals surface area (Å²) in [5.74, 6) is -0.172. The van der Waals surface area contributed by atoms with Gasteiger partial charge in [0.1, 0.15) is 11.1 Å². The molecule has 7 heteroatoms. The average Bonchev–Trinajstić information content (AvgIpc) is 2.66. The van der Waals surface area contributed by atoms with Crippen molar-refractivity contribution >= 4 is 17.0 Å². The topological polar surface area (TPSA) is 108 Å². The van der Waals surface area contributed by atoms with E-state index in [9.17, 15) is 14.7 Å². The second-order valence-electron chi connectivity index (χ2n) is 5.30. The van der Waals surface area contributed by atoms with Crippen LogP contribution in [0.4, 0.5) is 0 Å². The van der Waals surface area contributed by atoms with Gasteiger partial charge in [0, 0.05) is 0 Å². The van der Waals surface area contributed by atoms with Gasteiger partial charge in [-0.15, -0.1) is 0 Å². The Morgan fingerprint density at radius 1 is 1.55 bits per heavy atom. The lowest BCUT2D eigenvalue weighted by Crippen LogP contribution is -2.51. The Bertz CT molecular complexity index is 712. The number of carbonyl (C=O) groups is 1. The molecule has 0 spiro atoms. The molecular weight excluding hydrogens is 262 g/mol. The summed E-state index contributed by atoms with van der Waals surface area (Å²) < 4.78 is 5.32. The van der Waals surface area contributed by atoms with E-state index < -0.39 is 23.1 Å². The van der Waals surface area contributed by atoms with Crippen LogP contribution in [0.25, 0.3) is 11.1 Å². The molecule has 0 radical (unpaired) electrons. The van der Waals surface area contributed by atoms with Crippen molar-refractivity contribution in [2.75, 3.05) is 0 Å². The largest absolute Gasteiger partial charge is 0.442 e. The molecule has 0 aliphatic carbocycles. The molecule has 1 amide bonds. The standard InChI is InChI=1S/C13H17N3O4/c1-6-8(11(19)16-13(3,4)7(2)17)9-10(18)14-5-15-12(9)20-6/h5,7,17H,1-4H3,(H,16,19)(H,14,15,18). The molecule has 0 aromatic carbocycles. The van der Waals surface area contributed by atoms with E-state index in [0.717, 1.165) is 0 Å². The van der Waals surface area contributed by atoms with Crippen LogP contribution in [-0.2, 0) is 0 Å². The maximum absolute atomic E-state index is 12.4. The summed E-state index contributed by atoms with van der Waals surface area (Å²) in [6, 6.07) is 0. The van der Waals surface area contributed by atoms with Gasteiger partial charge in [-0.3, -0.25) is 9.59 Å². The molecule has 0 fully saturated rings. The van der Waals surface area contributed by atoms with Crippen molar-refractivity contribution in [2.24, 2.45) is 0 Å². The first kappa shape index (κ1) is 14.3. The lowest BCUT2D eigenvalue weighted by molar-refractivity contribution is 0.0709. The van der Waals surface area contributed by atoms with Crippen LogP contribution in [0.15, 0.2) is 15.5 Å². The zero-order chi connectivity index (χ0) is 15.1. The molecule has 108 valence electrons. The van der Waals surface area contributed by atoms with Gasteiger partial charge in [0.15, 0.2) is 0 Å². The minimum atomic E-state index is -0.831. The predicted molar refractivity (Wildman–Crippen MR) is 72.6 cm³/mol. The Hall–Kier alpha value is -2.15. The fourth-order valence-corrected chi connectivity index (χ4v) is 1.79. The molecule has 0 bridgehead atoms. The van der Waals surface area contributed by atoms with Gasteiger partial charge in [-0.1, -0.05) is 0 Å². The Morgan fingerprint density at radius 3 is 2.80 bits per heavy atom. The highest BCUT2D eigenvalue weighted by Gasteiger charge is 2.30. The Labute approximate surface area is 115 Å². The number of fused-ring (bicyclic) bond motifs is 1. The number of nitrogens with zero attached hydrogens (tertiary/aromatic N) is 1. The molecule has 0 saturated heterocycles. The second-order valence-corrected chi connectivity index (χ2v) is 5.30. The number of aromatic amines is 1. The summed E-state index contributed by atoms with van der Waals surface area (Å²) >= 11 is 0. The van der Waals surface area contributed by atoms with Crippen molar-refractivity contribution in [3.63, 3.8) is 0 Å². The van der Waals surface area contributed by atoms with Gasteiger partial charge in [0.25, 0.3) is 11.5 Å². The predicted octanol–water partition coefficient (Wildman–Crippen LogP) is 0.714. The van der Waals surface area contributed by atoms with E-state index in [2.05, 4.69) is 15.3 Å². The van der Waals surface area contributed by atoms with Crippen LogP contribution < -0.4 is 10.9 Å². The highest BCUT2D eigenvalue weighted by atomic mass is 16.3. The SMILES string of the molecule is Cc1oc2nc[nH]c(=O)c2c1C(=O)NC(C)(C)C(C)O. The summed E-state index contributed by atoms with van der Waals surface area (Å²) in [4.78, 5) is 30.5. The number of aliphatic hydroxyl groups excluding tert-OH is 1. The van der Waals surface area contributed by atoms with Gasteiger partial charge in [0.2, 0.25) is 5.71 Å². The van der Waals surface area contributed by atoms with E-state index in [1.807, 2.05) is 0 Å². The Balaban J connectivity index is 2.51. The monoisotopic (exact) mass is 279 g/mol. The van der Waals surface area contributed by atoms with Crippen molar-refractivity contribution in [2.45, 2.75) is 39.3 Å². The summed E-state index contributed by atoms with van der Waals surface area (Å²) in [6.45, 7) is 6.55. The normalized spacial score (nSPS) is 13.4. The van der Waals surface area contributed by atoms with Gasteiger partial charge in [0.05, 0.1) is 23.5 Å². The zero-order valence-electron chi connectivity index (χ0n) is 11.8. The molecule has 3 N–H and O–H groups in total. The highest BCUT2D eigenvalue weighted by Crippen LogP contribution is 2.21. The van der Waals surface area contributed by atoms with Gasteiger partial charge < -0.3 is 19.8 Å². The van der Waals surface area contributed by atoms with Crippen molar-refractivity contribution in [3.05, 3.63) is 28.0 Å². The quantitative estimate of drug-likeness (QED) is 0.767. The van der Waals surface area contributed by atoms with Crippen molar-refractivity contribution in [1.82, 2.24) is 15.3 Å². The second kappa shape index (κ2) is 4.75. The van der Waals surface area contributed by atoms with Crippen LogP contribution in [-0.4, -0.2) is 32.6 Å². The number of H-pyrrole nitrogens is 1. The summed E-state index contributed by atoms with van der Waals surface area (Å²) in [7, 11) is 0. The number of aryl methyl sites for hydroxylation is 1. The van der Waals surface area contributed by atoms with Crippen molar-refractivity contribution in [3.8, 4) is 0 Å². The number of nitrogens with one attached hydrogen (secondary N) is 2. The molecular formula is C13H17N3O4. The van der Waals surface area contributed by atoms with E-state index in [4.69, 9.17) is 4.42 Å².